The minimum absolute atomic E-state index is 0.0430. The number of benzene rings is 1. The minimum Gasteiger partial charge on any atom is -0.435 e. The van der Waals surface area contributed by atoms with Gasteiger partial charge < -0.3 is 14.5 Å². The molecule has 4 rings (SSSR count). The molecule has 2 saturated carbocycles. The molecule has 2 bridgehead atoms. The Hall–Kier alpha value is -2.16. The highest BCUT2D eigenvalue weighted by atomic mass is 32.2. The number of carbonyl (C=O) groups excluding carboxylic acids is 1. The van der Waals surface area contributed by atoms with E-state index in [1.807, 2.05) is 0 Å². The van der Waals surface area contributed by atoms with E-state index in [1.165, 1.54) is 49.6 Å². The summed E-state index contributed by atoms with van der Waals surface area (Å²) < 4.78 is 34.3. The fourth-order valence-corrected chi connectivity index (χ4v) is 5.17. The Balaban J connectivity index is 1.26. The molecule has 2 aliphatic rings. The number of ether oxygens (including phenoxy) is 1. The van der Waals surface area contributed by atoms with Crippen molar-refractivity contribution in [3.63, 3.8) is 0 Å². The third-order valence-corrected chi connectivity index (χ3v) is 6.70. The zero-order valence-electron chi connectivity index (χ0n) is 16.0. The number of hydrogen-bond acceptors (Lipinski definition) is 6. The van der Waals surface area contributed by atoms with Crippen LogP contribution in [0.2, 0.25) is 0 Å². The highest BCUT2D eigenvalue weighted by Crippen LogP contribution is 2.49. The summed E-state index contributed by atoms with van der Waals surface area (Å²) in [6.07, 6.45) is 5.19. The Kier molecular flexibility index (Phi) is 6.03. The molecule has 1 aromatic heterocycles. The number of halogens is 2. The van der Waals surface area contributed by atoms with Crippen LogP contribution in [-0.2, 0) is 4.79 Å². The summed E-state index contributed by atoms with van der Waals surface area (Å²) in [7, 11) is 0. The molecule has 0 radical (unpaired) electrons. The van der Waals surface area contributed by atoms with Gasteiger partial charge in [-0.1, -0.05) is 18.2 Å². The van der Waals surface area contributed by atoms with Crippen LogP contribution >= 0.6 is 11.8 Å². The minimum atomic E-state index is -2.87. The highest BCUT2D eigenvalue weighted by Gasteiger charge is 2.42. The van der Waals surface area contributed by atoms with Crippen LogP contribution in [0.25, 0.3) is 11.5 Å². The van der Waals surface area contributed by atoms with Gasteiger partial charge in [0.25, 0.3) is 5.22 Å². The van der Waals surface area contributed by atoms with Crippen LogP contribution in [0.1, 0.15) is 32.6 Å². The fourth-order valence-electron chi connectivity index (χ4n) is 4.60. The van der Waals surface area contributed by atoms with Crippen molar-refractivity contribution in [1.29, 1.82) is 0 Å². The molecule has 0 spiro atoms. The molecule has 4 unspecified atom stereocenters. The van der Waals surface area contributed by atoms with Gasteiger partial charge in [0.15, 0.2) is 0 Å². The molecular weight excluding hydrogens is 400 g/mol. The van der Waals surface area contributed by atoms with Gasteiger partial charge in [-0.3, -0.25) is 4.79 Å². The van der Waals surface area contributed by atoms with Crippen LogP contribution < -0.4 is 10.1 Å². The Morgan fingerprint density at radius 2 is 2.07 bits per heavy atom. The second-order valence-corrected chi connectivity index (χ2v) is 8.69. The summed E-state index contributed by atoms with van der Waals surface area (Å²) in [5.74, 6) is 2.68. The van der Waals surface area contributed by atoms with Crippen molar-refractivity contribution in [3.8, 4) is 17.2 Å². The van der Waals surface area contributed by atoms with Gasteiger partial charge in [0.2, 0.25) is 11.8 Å². The van der Waals surface area contributed by atoms with Gasteiger partial charge in [-0.05, 0) is 68.2 Å². The smallest absolute Gasteiger partial charge is 0.387 e. The van der Waals surface area contributed by atoms with E-state index < -0.39 is 6.61 Å². The van der Waals surface area contributed by atoms with Gasteiger partial charge in [-0.2, -0.15) is 8.78 Å². The largest absolute Gasteiger partial charge is 0.435 e. The SMILES string of the molecule is CC(NC(=O)CSc1nnc(-c2ccc(OC(F)F)cc2)o1)C1CC2CCC1C2. The summed E-state index contributed by atoms with van der Waals surface area (Å²) in [6.45, 7) is -0.773. The number of nitrogens with zero attached hydrogens (tertiary/aromatic N) is 2. The van der Waals surface area contributed by atoms with Crippen molar-refractivity contribution in [2.45, 2.75) is 50.5 Å². The topological polar surface area (TPSA) is 77.2 Å². The number of thioether (sulfide) groups is 1. The number of amides is 1. The maximum Gasteiger partial charge on any atom is 0.387 e. The molecule has 2 aromatic rings. The lowest BCUT2D eigenvalue weighted by Crippen LogP contribution is -2.40. The molecule has 0 aliphatic heterocycles. The van der Waals surface area contributed by atoms with Crippen molar-refractivity contribution < 1.29 is 22.7 Å². The predicted molar refractivity (Wildman–Crippen MR) is 104 cm³/mol. The van der Waals surface area contributed by atoms with E-state index in [0.717, 1.165) is 11.8 Å². The Morgan fingerprint density at radius 3 is 2.72 bits per heavy atom. The molecule has 4 atom stereocenters. The average Bonchev–Trinajstić information content (AvgIpc) is 3.43. The first-order chi connectivity index (χ1) is 14.0. The lowest BCUT2D eigenvalue weighted by atomic mass is 9.84. The molecule has 1 heterocycles. The monoisotopic (exact) mass is 423 g/mol. The predicted octanol–water partition coefficient (Wildman–Crippen LogP) is 4.37. The van der Waals surface area contributed by atoms with E-state index in [2.05, 4.69) is 27.2 Å². The standard InChI is InChI=1S/C20H23F2N3O3S/c1-11(16-9-12-2-3-14(16)8-12)23-17(26)10-29-20-25-24-18(28-20)13-4-6-15(7-5-13)27-19(21)22/h4-7,11-12,14,16,19H,2-3,8-10H2,1H3,(H,23,26). The molecule has 156 valence electrons. The van der Waals surface area contributed by atoms with E-state index in [-0.39, 0.29) is 34.6 Å². The fraction of sp³-hybridized carbons (Fsp3) is 0.550. The summed E-state index contributed by atoms with van der Waals surface area (Å²) in [5.41, 5.74) is 0.584. The number of aromatic nitrogens is 2. The van der Waals surface area contributed by atoms with Crippen molar-refractivity contribution in [2.24, 2.45) is 17.8 Å². The van der Waals surface area contributed by atoms with E-state index in [9.17, 15) is 13.6 Å². The van der Waals surface area contributed by atoms with Crippen molar-refractivity contribution in [3.05, 3.63) is 24.3 Å². The normalized spacial score (nSPS) is 24.1. The molecule has 6 nitrogen and oxygen atoms in total. The third kappa shape index (κ3) is 4.88. The van der Waals surface area contributed by atoms with Crippen molar-refractivity contribution >= 4 is 17.7 Å². The molecule has 2 fully saturated rings. The number of alkyl halides is 2. The summed E-state index contributed by atoms with van der Waals surface area (Å²) in [6, 6.07) is 6.12. The molecule has 2 aliphatic carbocycles. The molecule has 1 amide bonds. The number of rotatable bonds is 8. The summed E-state index contributed by atoms with van der Waals surface area (Å²) in [5, 5.41) is 11.3. The van der Waals surface area contributed by atoms with Crippen molar-refractivity contribution in [1.82, 2.24) is 15.5 Å². The van der Waals surface area contributed by atoms with Gasteiger partial charge in [0.1, 0.15) is 5.75 Å². The second-order valence-electron chi connectivity index (χ2n) is 7.76. The lowest BCUT2D eigenvalue weighted by Gasteiger charge is -2.28. The van der Waals surface area contributed by atoms with Crippen LogP contribution in [0.5, 0.6) is 5.75 Å². The quantitative estimate of drug-likeness (QED) is 0.636. The van der Waals surface area contributed by atoms with Crippen LogP contribution in [0.15, 0.2) is 33.9 Å². The van der Waals surface area contributed by atoms with Crippen LogP contribution in [0.4, 0.5) is 8.78 Å². The van der Waals surface area contributed by atoms with Crippen LogP contribution in [0, 0.1) is 17.8 Å². The molecule has 29 heavy (non-hydrogen) atoms. The second kappa shape index (κ2) is 8.69. The Bertz CT molecular complexity index is 846. The lowest BCUT2D eigenvalue weighted by molar-refractivity contribution is -0.119. The average molecular weight is 423 g/mol. The zero-order valence-corrected chi connectivity index (χ0v) is 16.8. The van der Waals surface area contributed by atoms with E-state index in [1.54, 1.807) is 12.1 Å². The zero-order chi connectivity index (χ0) is 20.4. The molecule has 9 heteroatoms. The number of fused-ring (bicyclic) bond motifs is 2. The molecular formula is C20H23F2N3O3S. The van der Waals surface area contributed by atoms with Gasteiger partial charge in [0, 0.05) is 11.6 Å². The first kappa shape index (κ1) is 20.1. The maximum absolute atomic E-state index is 12.3. The number of nitrogens with one attached hydrogen (secondary N) is 1. The van der Waals surface area contributed by atoms with Crippen LogP contribution in [-0.4, -0.2) is 34.5 Å². The van der Waals surface area contributed by atoms with Crippen molar-refractivity contribution in [2.75, 3.05) is 5.75 Å². The van der Waals surface area contributed by atoms with Gasteiger partial charge in [-0.15, -0.1) is 10.2 Å². The van der Waals surface area contributed by atoms with Crippen LogP contribution in [0.3, 0.4) is 0 Å². The van der Waals surface area contributed by atoms with Gasteiger partial charge in [-0.25, -0.2) is 0 Å². The van der Waals surface area contributed by atoms with E-state index >= 15 is 0 Å². The summed E-state index contributed by atoms with van der Waals surface area (Å²) >= 11 is 1.18. The number of hydrogen-bond donors (Lipinski definition) is 1. The Morgan fingerprint density at radius 1 is 1.28 bits per heavy atom. The number of carbonyl (C=O) groups is 1. The molecule has 1 N–H and O–H groups in total. The third-order valence-electron chi connectivity index (χ3n) is 5.88. The highest BCUT2D eigenvalue weighted by molar-refractivity contribution is 7.99. The maximum atomic E-state index is 12.3. The first-order valence-corrected chi connectivity index (χ1v) is 10.8. The van der Waals surface area contributed by atoms with Gasteiger partial charge >= 0.3 is 6.61 Å². The van der Waals surface area contributed by atoms with E-state index in [4.69, 9.17) is 4.42 Å². The van der Waals surface area contributed by atoms with E-state index in [0.29, 0.717) is 11.5 Å². The van der Waals surface area contributed by atoms with Gasteiger partial charge in [0.05, 0.1) is 5.75 Å². The molecule has 1 aromatic carbocycles. The first-order valence-electron chi connectivity index (χ1n) is 9.79. The Labute approximate surface area is 171 Å². The summed E-state index contributed by atoms with van der Waals surface area (Å²) in [4.78, 5) is 12.3. The molecule has 0 saturated heterocycles.